The molecule has 0 unspecified atom stereocenters. The van der Waals surface area contributed by atoms with E-state index in [1.54, 1.807) is 30.3 Å². The van der Waals surface area contributed by atoms with Gasteiger partial charge in [0, 0.05) is 28.1 Å². The molecule has 11 heteroatoms. The molecule has 0 radical (unpaired) electrons. The molecule has 0 aliphatic carbocycles. The average Bonchev–Trinajstić information content (AvgIpc) is 3.21. The van der Waals surface area contributed by atoms with Gasteiger partial charge in [-0.2, -0.15) is 4.98 Å². The highest BCUT2D eigenvalue weighted by Gasteiger charge is 2.16. The van der Waals surface area contributed by atoms with Crippen molar-refractivity contribution in [3.63, 3.8) is 0 Å². The lowest BCUT2D eigenvalue weighted by Crippen LogP contribution is -2.36. The van der Waals surface area contributed by atoms with Crippen LogP contribution in [0.15, 0.2) is 55.9 Å². The molecule has 0 spiro atoms. The quantitative estimate of drug-likeness (QED) is 0.407. The average molecular weight is 559 g/mol. The Morgan fingerprint density at radius 2 is 1.90 bits per heavy atom. The molecule has 0 aliphatic heterocycles. The number of carbonyl (C=O) groups excluding carboxylic acids is 2. The van der Waals surface area contributed by atoms with E-state index in [1.165, 1.54) is 0 Å². The largest absolute Gasteiger partial charge is 0.483 e. The molecule has 1 aromatic heterocycles. The van der Waals surface area contributed by atoms with Crippen molar-refractivity contribution in [3.05, 3.63) is 62.3 Å². The molecule has 2 N–H and O–H groups in total. The van der Waals surface area contributed by atoms with E-state index in [0.717, 1.165) is 8.95 Å². The molecule has 30 heavy (non-hydrogen) atoms. The second-order valence-electron chi connectivity index (χ2n) is 5.90. The van der Waals surface area contributed by atoms with Crippen LogP contribution in [0.25, 0.3) is 11.4 Å². The highest BCUT2D eigenvalue weighted by atomic mass is 79.9. The van der Waals surface area contributed by atoms with Gasteiger partial charge in [0.15, 0.2) is 6.61 Å². The van der Waals surface area contributed by atoms with Gasteiger partial charge in [0.25, 0.3) is 5.91 Å². The van der Waals surface area contributed by atoms with Crippen molar-refractivity contribution < 1.29 is 18.8 Å². The van der Waals surface area contributed by atoms with Gasteiger partial charge < -0.3 is 19.9 Å². The van der Waals surface area contributed by atoms with Crippen LogP contribution >= 0.6 is 43.5 Å². The summed E-state index contributed by atoms with van der Waals surface area (Å²) in [5, 5.41) is 9.53. The van der Waals surface area contributed by atoms with Crippen LogP contribution in [0.2, 0.25) is 5.02 Å². The van der Waals surface area contributed by atoms with Crippen LogP contribution in [0.3, 0.4) is 0 Å². The Morgan fingerprint density at radius 1 is 1.10 bits per heavy atom. The summed E-state index contributed by atoms with van der Waals surface area (Å²) in [6.45, 7) is 0.243. The maximum Gasteiger partial charge on any atom is 0.316 e. The molecular formula is C19H15Br2ClN4O4. The minimum absolute atomic E-state index is 0.152. The van der Waals surface area contributed by atoms with Crippen molar-refractivity contribution in [1.82, 2.24) is 20.8 Å². The third-order valence-corrected chi connectivity index (χ3v) is 5.04. The Balaban J connectivity index is 1.40. The second kappa shape index (κ2) is 10.6. The van der Waals surface area contributed by atoms with Crippen molar-refractivity contribution >= 4 is 55.3 Å². The van der Waals surface area contributed by atoms with E-state index in [4.69, 9.17) is 20.9 Å². The zero-order valence-corrected chi connectivity index (χ0v) is 19.3. The summed E-state index contributed by atoms with van der Waals surface area (Å²) in [6.07, 6.45) is 0. The first-order chi connectivity index (χ1) is 14.4. The molecule has 156 valence electrons. The molecular weight excluding hydrogens is 543 g/mol. The molecule has 3 rings (SSSR count). The summed E-state index contributed by atoms with van der Waals surface area (Å²) in [7, 11) is 0. The maximum absolute atomic E-state index is 12.1. The first-order valence-corrected chi connectivity index (χ1v) is 10.6. The monoisotopic (exact) mass is 556 g/mol. The number of hydrogen-bond acceptors (Lipinski definition) is 6. The number of amides is 2. The number of benzene rings is 2. The van der Waals surface area contributed by atoms with E-state index < -0.39 is 5.91 Å². The number of nitrogens with zero attached hydrogens (tertiary/aromatic N) is 2. The fourth-order valence-corrected chi connectivity index (χ4v) is 3.65. The molecule has 3 aromatic rings. The molecule has 0 aliphatic rings. The number of carbonyl (C=O) groups is 2. The standard InChI is InChI=1S/C19H15Br2ClN4O4/c20-12-4-5-15(14(21)9-12)29-10-16(27)23-6-7-24-18(28)19-25-17(26-30-19)11-2-1-3-13(22)8-11/h1-5,8-9H,6-7,10H2,(H,23,27)(H,24,28). The number of aromatic nitrogens is 2. The summed E-state index contributed by atoms with van der Waals surface area (Å²) >= 11 is 12.6. The van der Waals surface area contributed by atoms with E-state index >= 15 is 0 Å². The Hall–Kier alpha value is -2.43. The minimum Gasteiger partial charge on any atom is -0.483 e. The first-order valence-electron chi connectivity index (χ1n) is 8.65. The molecule has 0 saturated carbocycles. The molecule has 2 aromatic carbocycles. The third kappa shape index (κ3) is 6.28. The lowest BCUT2D eigenvalue weighted by molar-refractivity contribution is -0.123. The normalized spacial score (nSPS) is 10.5. The Bertz CT molecular complexity index is 1060. The van der Waals surface area contributed by atoms with Crippen molar-refractivity contribution in [2.24, 2.45) is 0 Å². The van der Waals surface area contributed by atoms with E-state index in [9.17, 15) is 9.59 Å². The lowest BCUT2D eigenvalue weighted by Gasteiger charge is -2.09. The van der Waals surface area contributed by atoms with Gasteiger partial charge in [0.2, 0.25) is 5.82 Å². The van der Waals surface area contributed by atoms with Crippen molar-refractivity contribution in [1.29, 1.82) is 0 Å². The van der Waals surface area contributed by atoms with Crippen LogP contribution < -0.4 is 15.4 Å². The molecule has 0 saturated heterocycles. The predicted octanol–water partition coefficient (Wildman–Crippen LogP) is 3.84. The summed E-state index contributed by atoms with van der Waals surface area (Å²) in [4.78, 5) is 28.0. The van der Waals surface area contributed by atoms with Gasteiger partial charge in [0.1, 0.15) is 5.75 Å². The van der Waals surface area contributed by atoms with Crippen LogP contribution in [0.1, 0.15) is 10.7 Å². The van der Waals surface area contributed by atoms with E-state index in [2.05, 4.69) is 52.6 Å². The lowest BCUT2D eigenvalue weighted by atomic mass is 10.2. The molecule has 0 fully saturated rings. The van der Waals surface area contributed by atoms with Crippen LogP contribution in [0.5, 0.6) is 5.75 Å². The zero-order valence-electron chi connectivity index (χ0n) is 15.3. The van der Waals surface area contributed by atoms with E-state index in [-0.39, 0.29) is 37.3 Å². The van der Waals surface area contributed by atoms with Crippen molar-refractivity contribution in [2.45, 2.75) is 0 Å². The van der Waals surface area contributed by atoms with Gasteiger partial charge in [-0.25, -0.2) is 0 Å². The smallest absolute Gasteiger partial charge is 0.316 e. The number of rotatable bonds is 8. The van der Waals surface area contributed by atoms with E-state index in [1.807, 2.05) is 12.1 Å². The summed E-state index contributed by atoms with van der Waals surface area (Å²) in [5.41, 5.74) is 0.634. The fraction of sp³-hybridized carbons (Fsp3) is 0.158. The number of halogens is 3. The van der Waals surface area contributed by atoms with Gasteiger partial charge in [-0.3, -0.25) is 9.59 Å². The topological polar surface area (TPSA) is 106 Å². The van der Waals surface area contributed by atoms with Crippen LogP contribution in [0.4, 0.5) is 0 Å². The Morgan fingerprint density at radius 3 is 2.67 bits per heavy atom. The SMILES string of the molecule is O=C(COc1ccc(Br)cc1Br)NCCNC(=O)c1nc(-c2cccc(Cl)c2)no1. The first kappa shape index (κ1) is 22.3. The number of nitrogens with one attached hydrogen (secondary N) is 2. The van der Waals surface area contributed by atoms with Crippen molar-refractivity contribution in [3.8, 4) is 17.1 Å². The van der Waals surface area contributed by atoms with Gasteiger partial charge in [-0.05, 0) is 46.3 Å². The molecule has 1 heterocycles. The number of hydrogen-bond donors (Lipinski definition) is 2. The molecule has 8 nitrogen and oxygen atoms in total. The molecule has 0 atom stereocenters. The summed E-state index contributed by atoms with van der Waals surface area (Å²) in [5.74, 6) is -0.236. The Kier molecular flexibility index (Phi) is 7.83. The minimum atomic E-state index is -0.542. The number of ether oxygens (including phenoxy) is 1. The summed E-state index contributed by atoms with van der Waals surface area (Å²) < 4.78 is 12.0. The second-order valence-corrected chi connectivity index (χ2v) is 8.11. The van der Waals surface area contributed by atoms with Crippen LogP contribution in [-0.2, 0) is 4.79 Å². The van der Waals surface area contributed by atoms with Gasteiger partial charge in [-0.15, -0.1) is 0 Å². The van der Waals surface area contributed by atoms with Gasteiger partial charge in [0.05, 0.1) is 4.47 Å². The zero-order chi connectivity index (χ0) is 21.5. The Labute approximate surface area is 193 Å². The maximum atomic E-state index is 12.1. The highest BCUT2D eigenvalue weighted by molar-refractivity contribution is 9.11. The van der Waals surface area contributed by atoms with Crippen molar-refractivity contribution in [2.75, 3.05) is 19.7 Å². The summed E-state index contributed by atoms with van der Waals surface area (Å²) in [6, 6.07) is 12.2. The van der Waals surface area contributed by atoms with Gasteiger partial charge >= 0.3 is 11.8 Å². The van der Waals surface area contributed by atoms with Crippen LogP contribution in [0, 0.1) is 0 Å². The fourth-order valence-electron chi connectivity index (χ4n) is 2.30. The molecule has 0 bridgehead atoms. The van der Waals surface area contributed by atoms with Gasteiger partial charge in [-0.1, -0.05) is 44.8 Å². The third-order valence-electron chi connectivity index (χ3n) is 3.69. The van der Waals surface area contributed by atoms with Crippen LogP contribution in [-0.4, -0.2) is 41.7 Å². The predicted molar refractivity (Wildman–Crippen MR) is 117 cm³/mol. The highest BCUT2D eigenvalue weighted by Crippen LogP contribution is 2.28. The van der Waals surface area contributed by atoms with E-state index in [0.29, 0.717) is 16.3 Å². The molecule has 2 amide bonds.